The van der Waals surface area contributed by atoms with Crippen molar-refractivity contribution in [3.05, 3.63) is 42.2 Å². The van der Waals surface area contributed by atoms with E-state index in [9.17, 15) is 0 Å². The van der Waals surface area contributed by atoms with Crippen LogP contribution in [-0.4, -0.2) is 65.5 Å². The monoisotopic (exact) mass is 467 g/mol. The lowest BCUT2D eigenvalue weighted by atomic mass is 10.2. The van der Waals surface area contributed by atoms with Gasteiger partial charge < -0.3 is 23.9 Å². The van der Waals surface area contributed by atoms with Gasteiger partial charge in [-0.3, -0.25) is 4.99 Å². The lowest BCUT2D eigenvalue weighted by Gasteiger charge is -2.11. The van der Waals surface area contributed by atoms with Gasteiger partial charge in [0.05, 0.1) is 37.0 Å². The van der Waals surface area contributed by atoms with E-state index < -0.39 is 0 Å². The summed E-state index contributed by atoms with van der Waals surface area (Å²) in [7, 11) is 3.31. The number of aromatic nitrogens is 3. The molecule has 0 saturated heterocycles. The Morgan fingerprint density at radius 3 is 3.00 bits per heavy atom. The van der Waals surface area contributed by atoms with E-state index in [-0.39, 0.29) is 6.04 Å². The minimum atomic E-state index is 0.0698. The zero-order valence-corrected chi connectivity index (χ0v) is 19.5. The van der Waals surface area contributed by atoms with E-state index in [1.807, 2.05) is 43.5 Å². The molecule has 172 valence electrons. The van der Waals surface area contributed by atoms with Crippen LogP contribution < -0.4 is 14.8 Å². The third-order valence-corrected chi connectivity index (χ3v) is 6.32. The number of ether oxygens (including phenoxy) is 3. The lowest BCUT2D eigenvalue weighted by molar-refractivity contribution is 0.204. The average molecular weight is 468 g/mol. The van der Waals surface area contributed by atoms with Crippen molar-refractivity contribution in [3.63, 3.8) is 0 Å². The van der Waals surface area contributed by atoms with Gasteiger partial charge in [0.1, 0.15) is 29.4 Å². The van der Waals surface area contributed by atoms with Crippen LogP contribution in [-0.2, 0) is 4.74 Å². The molecule has 10 heteroatoms. The number of aryl methyl sites for hydroxylation is 1. The van der Waals surface area contributed by atoms with E-state index in [1.165, 1.54) is 0 Å². The van der Waals surface area contributed by atoms with Gasteiger partial charge in [-0.2, -0.15) is 5.10 Å². The first-order valence-electron chi connectivity index (χ1n) is 10.6. The first-order chi connectivity index (χ1) is 16.1. The Bertz CT molecular complexity index is 1320. The third-order valence-electron chi connectivity index (χ3n) is 5.24. The predicted octanol–water partition coefficient (Wildman–Crippen LogP) is 3.55. The fourth-order valence-corrected chi connectivity index (χ4v) is 4.53. The first kappa shape index (κ1) is 21.6. The van der Waals surface area contributed by atoms with E-state index in [0.717, 1.165) is 34.2 Å². The number of rotatable bonds is 8. The molecule has 33 heavy (non-hydrogen) atoms. The maximum atomic E-state index is 6.19. The Balaban J connectivity index is 1.38. The van der Waals surface area contributed by atoms with Crippen molar-refractivity contribution in [1.82, 2.24) is 19.9 Å². The maximum Gasteiger partial charge on any atom is 0.157 e. The van der Waals surface area contributed by atoms with Crippen LogP contribution in [0.15, 0.2) is 45.9 Å². The van der Waals surface area contributed by atoms with Crippen molar-refractivity contribution in [1.29, 1.82) is 0 Å². The molecule has 0 fully saturated rings. The summed E-state index contributed by atoms with van der Waals surface area (Å²) >= 11 is 1.70. The highest BCUT2D eigenvalue weighted by molar-refractivity contribution is 8.14. The van der Waals surface area contributed by atoms with Gasteiger partial charge in [0.2, 0.25) is 0 Å². The van der Waals surface area contributed by atoms with E-state index >= 15 is 0 Å². The number of nitrogens with zero attached hydrogens (tertiary/aromatic N) is 4. The van der Waals surface area contributed by atoms with Gasteiger partial charge in [-0.15, -0.1) is 0 Å². The Kier molecular flexibility index (Phi) is 6.10. The van der Waals surface area contributed by atoms with Crippen LogP contribution in [0, 0.1) is 6.92 Å². The van der Waals surface area contributed by atoms with Crippen molar-refractivity contribution < 1.29 is 18.6 Å². The number of thioether (sulfide) groups is 1. The zero-order valence-electron chi connectivity index (χ0n) is 18.7. The second kappa shape index (κ2) is 9.32. The van der Waals surface area contributed by atoms with Crippen LogP contribution >= 0.6 is 11.8 Å². The largest absolute Gasteiger partial charge is 0.496 e. The molecule has 0 aliphatic carbocycles. The van der Waals surface area contributed by atoms with Gasteiger partial charge in [-0.1, -0.05) is 11.8 Å². The van der Waals surface area contributed by atoms with Crippen molar-refractivity contribution in [2.45, 2.75) is 13.0 Å². The number of hydrogen-bond acceptors (Lipinski definition) is 9. The first-order valence-corrected chi connectivity index (χ1v) is 11.6. The lowest BCUT2D eigenvalue weighted by Crippen LogP contribution is -2.23. The number of benzene rings is 1. The molecule has 0 spiro atoms. The third kappa shape index (κ3) is 4.62. The number of furan rings is 1. The Labute approximate surface area is 195 Å². The normalized spacial score (nSPS) is 15.8. The Hall–Kier alpha value is -3.24. The molecule has 1 N–H and O–H groups in total. The topological polar surface area (TPSA) is 95.4 Å². The smallest absolute Gasteiger partial charge is 0.157 e. The summed E-state index contributed by atoms with van der Waals surface area (Å²) in [5.74, 6) is 2.87. The number of methoxy groups -OCH3 is 2. The van der Waals surface area contributed by atoms with Gasteiger partial charge in [-0.05, 0) is 25.1 Å². The number of aliphatic imine (C=N–C) groups is 1. The van der Waals surface area contributed by atoms with E-state index in [4.69, 9.17) is 23.6 Å². The molecule has 1 aliphatic heterocycles. The quantitative estimate of drug-likeness (QED) is 0.393. The molecule has 1 aromatic carbocycles. The predicted molar refractivity (Wildman–Crippen MR) is 129 cm³/mol. The van der Waals surface area contributed by atoms with Gasteiger partial charge in [0, 0.05) is 31.5 Å². The molecule has 5 rings (SSSR count). The Morgan fingerprint density at radius 1 is 1.24 bits per heavy atom. The molecule has 0 radical (unpaired) electrons. The van der Waals surface area contributed by atoms with Crippen molar-refractivity contribution in [3.8, 4) is 23.0 Å². The summed E-state index contributed by atoms with van der Waals surface area (Å²) in [6.07, 6.45) is 1.86. The molecule has 0 bridgehead atoms. The molecular formula is C23H25N5O4S. The zero-order chi connectivity index (χ0) is 22.8. The highest BCUT2D eigenvalue weighted by atomic mass is 32.2. The summed E-state index contributed by atoms with van der Waals surface area (Å²) in [4.78, 5) is 9.33. The summed E-state index contributed by atoms with van der Waals surface area (Å²) in [6.45, 7) is 3.79. The molecule has 1 atom stereocenters. The van der Waals surface area contributed by atoms with Gasteiger partial charge in [0.25, 0.3) is 0 Å². The highest BCUT2D eigenvalue weighted by Crippen LogP contribution is 2.37. The molecule has 4 aromatic rings. The highest BCUT2D eigenvalue weighted by Gasteiger charge is 2.21. The number of nitrogens with one attached hydrogen (secondary N) is 1. The van der Waals surface area contributed by atoms with E-state index in [0.29, 0.717) is 41.7 Å². The fourth-order valence-electron chi connectivity index (χ4n) is 3.59. The second-order valence-corrected chi connectivity index (χ2v) is 8.69. The van der Waals surface area contributed by atoms with Crippen LogP contribution in [0.4, 0.5) is 0 Å². The molecule has 4 heterocycles. The van der Waals surface area contributed by atoms with E-state index in [2.05, 4.69) is 15.4 Å². The summed E-state index contributed by atoms with van der Waals surface area (Å²) in [6, 6.07) is 9.61. The summed E-state index contributed by atoms with van der Waals surface area (Å²) in [5.41, 5.74) is 3.06. The maximum absolute atomic E-state index is 6.19. The van der Waals surface area contributed by atoms with E-state index in [1.54, 1.807) is 30.5 Å². The van der Waals surface area contributed by atoms with Crippen LogP contribution in [0.25, 0.3) is 28.1 Å². The number of amidine groups is 1. The van der Waals surface area contributed by atoms with Crippen LogP contribution in [0.5, 0.6) is 11.5 Å². The molecule has 9 nitrogen and oxygen atoms in total. The standard InChI is InChI=1S/C23H25N5O4S/c1-14-4-5-22-26-18(11-28(22)27-14)21-10-17-19(8-16(30-3)9-20(17)32-21)31-12-15-13-33-23(25-15)24-6-7-29-2/h4-5,8-11,15H,6-7,12-13H2,1-3H3,(H,24,25). The number of hydrogen-bond donors (Lipinski definition) is 1. The molecule has 0 amide bonds. The van der Waals surface area contributed by atoms with Crippen molar-refractivity contribution >= 4 is 33.5 Å². The fraction of sp³-hybridized carbons (Fsp3) is 0.348. The number of imidazole rings is 1. The molecule has 1 aliphatic rings. The summed E-state index contributed by atoms with van der Waals surface area (Å²) in [5, 5.41) is 9.53. The van der Waals surface area contributed by atoms with Crippen LogP contribution in [0.1, 0.15) is 5.69 Å². The molecule has 1 unspecified atom stereocenters. The number of fused-ring (bicyclic) bond motifs is 2. The van der Waals surface area contributed by atoms with Gasteiger partial charge >= 0.3 is 0 Å². The van der Waals surface area contributed by atoms with Crippen LogP contribution in [0.2, 0.25) is 0 Å². The minimum Gasteiger partial charge on any atom is -0.496 e. The molecular weight excluding hydrogens is 442 g/mol. The Morgan fingerprint density at radius 2 is 2.15 bits per heavy atom. The molecule has 0 saturated carbocycles. The van der Waals surface area contributed by atoms with Crippen molar-refractivity contribution in [2.75, 3.05) is 39.7 Å². The average Bonchev–Trinajstić information content (AvgIpc) is 3.54. The second-order valence-electron chi connectivity index (χ2n) is 7.68. The van der Waals surface area contributed by atoms with Gasteiger partial charge in [-0.25, -0.2) is 9.50 Å². The van der Waals surface area contributed by atoms with Crippen LogP contribution in [0.3, 0.4) is 0 Å². The van der Waals surface area contributed by atoms with Crippen molar-refractivity contribution in [2.24, 2.45) is 4.99 Å². The minimum absolute atomic E-state index is 0.0698. The van der Waals surface area contributed by atoms with Gasteiger partial charge in [0.15, 0.2) is 16.6 Å². The summed E-state index contributed by atoms with van der Waals surface area (Å²) < 4.78 is 24.6. The molecule has 3 aromatic heterocycles. The SMILES string of the molecule is COCCNC1=NC(COc2cc(OC)cc3oc(-c4cn5nc(C)ccc5n4)cc23)CS1.